The number of morpholine rings is 1. The van der Waals surface area contributed by atoms with Gasteiger partial charge in [0, 0.05) is 58.0 Å². The highest BCUT2D eigenvalue weighted by molar-refractivity contribution is 14.0. The number of rotatable bonds is 7. The first-order chi connectivity index (χ1) is 13.7. The predicted molar refractivity (Wildman–Crippen MR) is 133 cm³/mol. The van der Waals surface area contributed by atoms with Crippen molar-refractivity contribution in [1.29, 1.82) is 0 Å². The van der Waals surface area contributed by atoms with Gasteiger partial charge in [-0.3, -0.25) is 9.89 Å². The molecule has 2 heterocycles. The number of nitrogens with zero attached hydrogens (tertiary/aromatic N) is 3. The summed E-state index contributed by atoms with van der Waals surface area (Å²) >= 11 is 0. The maximum Gasteiger partial charge on any atom is 0.191 e. The molecule has 1 aromatic rings. The fraction of sp³-hybridized carbons (Fsp3) is 0.682. The third-order valence-corrected chi connectivity index (χ3v) is 5.95. The molecule has 0 aliphatic carbocycles. The van der Waals surface area contributed by atoms with Crippen molar-refractivity contribution >= 4 is 35.6 Å². The molecule has 2 unspecified atom stereocenters. The standard InChI is InChI=1S/C22H37N5O.HI/c1-18(2)21(26-11-13-28-14-12-26)16-25-22(23-3)24-15-19-9-10-27(17-19)20-7-5-4-6-8-20;/h4-8,18-19,21H,9-17H2,1-3H3,(H2,23,24,25);1H. The molecule has 3 rings (SSSR count). The van der Waals surface area contributed by atoms with E-state index in [9.17, 15) is 0 Å². The van der Waals surface area contributed by atoms with Crippen LogP contribution in [0.2, 0.25) is 0 Å². The van der Waals surface area contributed by atoms with Crippen LogP contribution in [0.1, 0.15) is 20.3 Å². The second-order valence-corrected chi connectivity index (χ2v) is 8.23. The summed E-state index contributed by atoms with van der Waals surface area (Å²) in [7, 11) is 1.86. The zero-order valence-electron chi connectivity index (χ0n) is 18.1. The monoisotopic (exact) mass is 515 g/mol. The van der Waals surface area contributed by atoms with Crippen LogP contribution < -0.4 is 15.5 Å². The maximum absolute atomic E-state index is 5.51. The van der Waals surface area contributed by atoms with Crippen molar-refractivity contribution in [1.82, 2.24) is 15.5 Å². The van der Waals surface area contributed by atoms with Gasteiger partial charge in [0.2, 0.25) is 0 Å². The highest BCUT2D eigenvalue weighted by Crippen LogP contribution is 2.22. The van der Waals surface area contributed by atoms with E-state index in [4.69, 9.17) is 4.74 Å². The van der Waals surface area contributed by atoms with Crippen LogP contribution in [0.4, 0.5) is 5.69 Å². The van der Waals surface area contributed by atoms with E-state index < -0.39 is 0 Å². The van der Waals surface area contributed by atoms with Crippen LogP contribution in [0.3, 0.4) is 0 Å². The molecule has 2 N–H and O–H groups in total. The second-order valence-electron chi connectivity index (χ2n) is 8.23. The van der Waals surface area contributed by atoms with E-state index in [1.807, 2.05) is 7.05 Å². The average molecular weight is 515 g/mol. The molecule has 0 spiro atoms. The number of benzene rings is 1. The normalized spacial score (nSPS) is 21.7. The van der Waals surface area contributed by atoms with Crippen LogP contribution in [-0.4, -0.2) is 76.4 Å². The first kappa shape index (κ1) is 24.2. The van der Waals surface area contributed by atoms with Crippen molar-refractivity contribution in [2.75, 3.05) is 64.4 Å². The van der Waals surface area contributed by atoms with Gasteiger partial charge in [0.25, 0.3) is 0 Å². The highest BCUT2D eigenvalue weighted by atomic mass is 127. The van der Waals surface area contributed by atoms with E-state index in [-0.39, 0.29) is 24.0 Å². The Morgan fingerprint density at radius 2 is 1.86 bits per heavy atom. The van der Waals surface area contributed by atoms with Crippen molar-refractivity contribution in [2.24, 2.45) is 16.8 Å². The van der Waals surface area contributed by atoms with Crippen LogP contribution >= 0.6 is 24.0 Å². The number of guanidine groups is 1. The largest absolute Gasteiger partial charge is 0.379 e. The first-order valence-corrected chi connectivity index (χ1v) is 10.7. The minimum absolute atomic E-state index is 0. The van der Waals surface area contributed by atoms with Crippen molar-refractivity contribution in [3.63, 3.8) is 0 Å². The summed E-state index contributed by atoms with van der Waals surface area (Å²) < 4.78 is 5.51. The maximum atomic E-state index is 5.51. The van der Waals surface area contributed by atoms with E-state index >= 15 is 0 Å². The molecule has 164 valence electrons. The minimum Gasteiger partial charge on any atom is -0.379 e. The quantitative estimate of drug-likeness (QED) is 0.332. The summed E-state index contributed by atoms with van der Waals surface area (Å²) in [5, 5.41) is 7.11. The van der Waals surface area contributed by atoms with E-state index in [1.165, 1.54) is 12.1 Å². The highest BCUT2D eigenvalue weighted by Gasteiger charge is 2.25. The molecule has 2 aliphatic heterocycles. The number of hydrogen-bond donors (Lipinski definition) is 2. The van der Waals surface area contributed by atoms with Crippen LogP contribution in [0, 0.1) is 11.8 Å². The van der Waals surface area contributed by atoms with Gasteiger partial charge < -0.3 is 20.3 Å². The molecule has 0 aromatic heterocycles. The minimum atomic E-state index is 0. The Morgan fingerprint density at radius 1 is 1.14 bits per heavy atom. The molecule has 0 bridgehead atoms. The van der Waals surface area contributed by atoms with Gasteiger partial charge >= 0.3 is 0 Å². The second kappa shape index (κ2) is 12.6. The van der Waals surface area contributed by atoms with Gasteiger partial charge in [0.15, 0.2) is 5.96 Å². The van der Waals surface area contributed by atoms with Gasteiger partial charge in [-0.05, 0) is 30.4 Å². The van der Waals surface area contributed by atoms with E-state index in [2.05, 4.69) is 69.6 Å². The lowest BCUT2D eigenvalue weighted by atomic mass is 10.0. The molecule has 29 heavy (non-hydrogen) atoms. The Balaban J connectivity index is 0.00000300. The van der Waals surface area contributed by atoms with E-state index in [1.54, 1.807) is 0 Å². The molecular weight excluding hydrogens is 477 g/mol. The van der Waals surface area contributed by atoms with Crippen LogP contribution in [-0.2, 0) is 4.74 Å². The Hall–Kier alpha value is -1.06. The third-order valence-electron chi connectivity index (χ3n) is 5.95. The predicted octanol–water partition coefficient (Wildman–Crippen LogP) is 2.65. The topological polar surface area (TPSA) is 52.1 Å². The Bertz CT molecular complexity index is 606. The Morgan fingerprint density at radius 3 is 2.52 bits per heavy atom. The zero-order valence-corrected chi connectivity index (χ0v) is 20.5. The third kappa shape index (κ3) is 7.29. The molecule has 1 aromatic carbocycles. The van der Waals surface area contributed by atoms with Crippen LogP contribution in [0.5, 0.6) is 0 Å². The molecule has 6 nitrogen and oxygen atoms in total. The van der Waals surface area contributed by atoms with Gasteiger partial charge in [0.05, 0.1) is 13.2 Å². The van der Waals surface area contributed by atoms with Crippen molar-refractivity contribution in [3.05, 3.63) is 30.3 Å². The number of aliphatic imine (C=N–C) groups is 1. The van der Waals surface area contributed by atoms with E-state index in [0.29, 0.717) is 17.9 Å². The van der Waals surface area contributed by atoms with Crippen molar-refractivity contribution < 1.29 is 4.74 Å². The summed E-state index contributed by atoms with van der Waals surface area (Å²) in [6, 6.07) is 11.2. The van der Waals surface area contributed by atoms with Crippen LogP contribution in [0.15, 0.2) is 35.3 Å². The molecule has 0 saturated carbocycles. The molecule has 7 heteroatoms. The fourth-order valence-electron chi connectivity index (χ4n) is 4.23. The number of nitrogens with one attached hydrogen (secondary N) is 2. The Labute approximate surface area is 193 Å². The lowest BCUT2D eigenvalue weighted by Crippen LogP contribution is -2.52. The molecule has 2 saturated heterocycles. The van der Waals surface area contributed by atoms with Gasteiger partial charge in [-0.15, -0.1) is 24.0 Å². The number of ether oxygens (including phenoxy) is 1. The molecule has 2 fully saturated rings. The zero-order chi connectivity index (χ0) is 19.8. The summed E-state index contributed by atoms with van der Waals surface area (Å²) in [5.41, 5.74) is 1.33. The molecule has 2 atom stereocenters. The number of para-hydroxylation sites is 1. The van der Waals surface area contributed by atoms with Crippen LogP contribution in [0.25, 0.3) is 0 Å². The van der Waals surface area contributed by atoms with Gasteiger partial charge in [-0.1, -0.05) is 32.0 Å². The van der Waals surface area contributed by atoms with Gasteiger partial charge in [-0.2, -0.15) is 0 Å². The van der Waals surface area contributed by atoms with Crippen molar-refractivity contribution in [2.45, 2.75) is 26.3 Å². The smallest absolute Gasteiger partial charge is 0.191 e. The van der Waals surface area contributed by atoms with Gasteiger partial charge in [0.1, 0.15) is 0 Å². The lowest BCUT2D eigenvalue weighted by molar-refractivity contribution is 0.00752. The van der Waals surface area contributed by atoms with Crippen molar-refractivity contribution in [3.8, 4) is 0 Å². The Kier molecular flexibility index (Phi) is 10.5. The summed E-state index contributed by atoms with van der Waals surface area (Å²) in [4.78, 5) is 9.47. The fourth-order valence-corrected chi connectivity index (χ4v) is 4.23. The number of anilines is 1. The molecule has 2 aliphatic rings. The SMILES string of the molecule is CN=C(NCC1CCN(c2ccccc2)C1)NCC(C(C)C)N1CCOCC1.I. The summed E-state index contributed by atoms with van der Waals surface area (Å²) in [5.74, 6) is 2.16. The molecule has 0 radical (unpaired) electrons. The first-order valence-electron chi connectivity index (χ1n) is 10.7. The number of halogens is 1. The lowest BCUT2D eigenvalue weighted by Gasteiger charge is -2.37. The average Bonchev–Trinajstić information content (AvgIpc) is 3.21. The molecule has 0 amide bonds. The van der Waals surface area contributed by atoms with Gasteiger partial charge in [-0.25, -0.2) is 0 Å². The number of hydrogen-bond acceptors (Lipinski definition) is 4. The molecular formula is C22H38IN5O. The summed E-state index contributed by atoms with van der Waals surface area (Å²) in [6.45, 7) is 12.5. The summed E-state index contributed by atoms with van der Waals surface area (Å²) in [6.07, 6.45) is 1.22. The van der Waals surface area contributed by atoms with E-state index in [0.717, 1.165) is 58.4 Å².